The highest BCUT2D eigenvalue weighted by Gasteiger charge is 2.06. The molecule has 1 N–H and O–H groups in total. The minimum atomic E-state index is 0.514. The Bertz CT molecular complexity index is 470. The summed E-state index contributed by atoms with van der Waals surface area (Å²) >= 11 is 3.51. The predicted molar refractivity (Wildman–Crippen MR) is 80.0 cm³/mol. The van der Waals surface area contributed by atoms with E-state index >= 15 is 0 Å². The number of hydrogen-bond acceptors (Lipinski definition) is 5. The molecule has 3 nitrogen and oxygen atoms in total. The van der Waals surface area contributed by atoms with E-state index in [0.29, 0.717) is 6.04 Å². The highest BCUT2D eigenvalue weighted by molar-refractivity contribution is 7.98. The fourth-order valence-electron chi connectivity index (χ4n) is 1.58. The lowest BCUT2D eigenvalue weighted by molar-refractivity contribution is 0.590. The van der Waals surface area contributed by atoms with Crippen molar-refractivity contribution in [1.29, 1.82) is 0 Å². The van der Waals surface area contributed by atoms with Crippen LogP contribution in [0.1, 0.15) is 12.6 Å². The number of nitrogens with one attached hydrogen (secondary N) is 1. The fraction of sp³-hybridized carbons (Fsp3) is 0.385. The molecule has 5 heteroatoms. The first kappa shape index (κ1) is 13.5. The quantitative estimate of drug-likeness (QED) is 0.882. The van der Waals surface area contributed by atoms with Crippen molar-refractivity contribution in [2.75, 3.05) is 12.0 Å². The van der Waals surface area contributed by atoms with Gasteiger partial charge in [0, 0.05) is 29.9 Å². The van der Waals surface area contributed by atoms with Crippen LogP contribution in [0, 0.1) is 0 Å². The number of aromatic nitrogens is 2. The number of thioether (sulfide) groups is 1. The zero-order chi connectivity index (χ0) is 12.8. The van der Waals surface area contributed by atoms with Gasteiger partial charge in [-0.2, -0.15) is 11.8 Å². The van der Waals surface area contributed by atoms with E-state index in [2.05, 4.69) is 33.8 Å². The zero-order valence-electron chi connectivity index (χ0n) is 10.6. The molecule has 2 rings (SSSR count). The maximum atomic E-state index is 4.60. The second-order valence-electron chi connectivity index (χ2n) is 4.10. The molecule has 0 aliphatic rings. The maximum absolute atomic E-state index is 4.60. The third kappa shape index (κ3) is 3.80. The Labute approximate surface area is 116 Å². The Morgan fingerprint density at radius 1 is 1.44 bits per heavy atom. The van der Waals surface area contributed by atoms with Crippen molar-refractivity contribution >= 4 is 23.1 Å². The predicted octanol–water partition coefficient (Wildman–Crippen LogP) is 3.05. The van der Waals surface area contributed by atoms with E-state index < -0.39 is 0 Å². The molecule has 0 spiro atoms. The summed E-state index contributed by atoms with van der Waals surface area (Å²) in [4.78, 5) is 8.91. The molecule has 0 fully saturated rings. The van der Waals surface area contributed by atoms with Crippen LogP contribution in [0.5, 0.6) is 0 Å². The molecule has 0 radical (unpaired) electrons. The van der Waals surface area contributed by atoms with Gasteiger partial charge in [-0.15, -0.1) is 11.3 Å². The van der Waals surface area contributed by atoms with Gasteiger partial charge >= 0.3 is 0 Å². The van der Waals surface area contributed by atoms with Crippen LogP contribution in [-0.4, -0.2) is 28.0 Å². The second kappa shape index (κ2) is 6.87. The van der Waals surface area contributed by atoms with Crippen molar-refractivity contribution in [1.82, 2.24) is 15.3 Å². The van der Waals surface area contributed by atoms with Crippen molar-refractivity contribution in [3.05, 3.63) is 35.5 Å². The lowest BCUT2D eigenvalue weighted by Gasteiger charge is -2.10. The van der Waals surface area contributed by atoms with Crippen LogP contribution < -0.4 is 5.32 Å². The summed E-state index contributed by atoms with van der Waals surface area (Å²) in [5, 5.41) is 6.56. The van der Waals surface area contributed by atoms with E-state index in [1.54, 1.807) is 17.5 Å². The molecule has 2 aromatic rings. The van der Waals surface area contributed by atoms with E-state index in [0.717, 1.165) is 28.7 Å². The first-order valence-electron chi connectivity index (χ1n) is 5.87. The molecule has 0 amide bonds. The van der Waals surface area contributed by atoms with E-state index in [9.17, 15) is 0 Å². The van der Waals surface area contributed by atoms with Gasteiger partial charge in [-0.05, 0) is 25.3 Å². The normalized spacial score (nSPS) is 12.6. The van der Waals surface area contributed by atoms with Crippen molar-refractivity contribution in [3.63, 3.8) is 0 Å². The molecule has 2 aromatic heterocycles. The van der Waals surface area contributed by atoms with Gasteiger partial charge in [-0.1, -0.05) is 6.07 Å². The van der Waals surface area contributed by atoms with Gasteiger partial charge in [0.1, 0.15) is 5.01 Å². The van der Waals surface area contributed by atoms with Crippen molar-refractivity contribution < 1.29 is 0 Å². The van der Waals surface area contributed by atoms with Crippen molar-refractivity contribution in [2.24, 2.45) is 0 Å². The molecule has 1 unspecified atom stereocenters. The summed E-state index contributed by atoms with van der Waals surface area (Å²) in [7, 11) is 0. The van der Waals surface area contributed by atoms with Crippen molar-refractivity contribution in [2.45, 2.75) is 19.5 Å². The molecular weight excluding hydrogens is 262 g/mol. The molecule has 18 heavy (non-hydrogen) atoms. The molecule has 2 heterocycles. The van der Waals surface area contributed by atoms with Crippen LogP contribution in [0.15, 0.2) is 29.8 Å². The van der Waals surface area contributed by atoms with Crippen LogP contribution >= 0.6 is 23.1 Å². The zero-order valence-corrected chi connectivity index (χ0v) is 12.2. The third-order valence-corrected chi connectivity index (χ3v) is 4.23. The summed E-state index contributed by atoms with van der Waals surface area (Å²) in [5.41, 5.74) is 2.04. The Kier molecular flexibility index (Phi) is 5.16. The van der Waals surface area contributed by atoms with Crippen LogP contribution in [-0.2, 0) is 6.54 Å². The average Bonchev–Trinajstić information content (AvgIpc) is 2.87. The van der Waals surface area contributed by atoms with Crippen LogP contribution in [0.3, 0.4) is 0 Å². The van der Waals surface area contributed by atoms with Crippen LogP contribution in [0.4, 0.5) is 0 Å². The Balaban J connectivity index is 1.95. The van der Waals surface area contributed by atoms with Gasteiger partial charge in [0.15, 0.2) is 0 Å². The second-order valence-corrected chi connectivity index (χ2v) is 5.87. The summed E-state index contributed by atoms with van der Waals surface area (Å²) in [6, 6.07) is 6.41. The molecule has 0 saturated carbocycles. The lowest BCUT2D eigenvalue weighted by Crippen LogP contribution is -2.27. The van der Waals surface area contributed by atoms with Gasteiger partial charge < -0.3 is 5.32 Å². The number of pyridine rings is 1. The molecule has 96 valence electrons. The van der Waals surface area contributed by atoms with Gasteiger partial charge in [0.25, 0.3) is 0 Å². The van der Waals surface area contributed by atoms with Gasteiger partial charge in [-0.3, -0.25) is 4.98 Å². The average molecular weight is 279 g/mol. The standard InChI is InChI=1S/C13H17N3S2/c1-10(8-17-2)15-7-11-9-18-13(16-11)12-5-3-4-6-14-12/h3-6,9-10,15H,7-8H2,1-2H3. The van der Waals surface area contributed by atoms with E-state index in [1.807, 2.05) is 30.0 Å². The highest BCUT2D eigenvalue weighted by Crippen LogP contribution is 2.21. The SMILES string of the molecule is CSCC(C)NCc1csc(-c2ccccn2)n1. The molecule has 0 aliphatic carbocycles. The minimum Gasteiger partial charge on any atom is -0.308 e. The molecule has 0 bridgehead atoms. The summed E-state index contributed by atoms with van der Waals surface area (Å²) < 4.78 is 0. The van der Waals surface area contributed by atoms with E-state index in [4.69, 9.17) is 0 Å². The third-order valence-electron chi connectivity index (χ3n) is 2.48. The lowest BCUT2D eigenvalue weighted by atomic mass is 10.3. The smallest absolute Gasteiger partial charge is 0.142 e. The first-order valence-corrected chi connectivity index (χ1v) is 8.15. The van der Waals surface area contributed by atoms with Crippen molar-refractivity contribution in [3.8, 4) is 10.7 Å². The van der Waals surface area contributed by atoms with E-state index in [-0.39, 0.29) is 0 Å². The maximum Gasteiger partial charge on any atom is 0.142 e. The van der Waals surface area contributed by atoms with E-state index in [1.165, 1.54) is 0 Å². The van der Waals surface area contributed by atoms with Gasteiger partial charge in [-0.25, -0.2) is 4.98 Å². The Morgan fingerprint density at radius 2 is 2.33 bits per heavy atom. The Morgan fingerprint density at radius 3 is 3.06 bits per heavy atom. The monoisotopic (exact) mass is 279 g/mol. The van der Waals surface area contributed by atoms with Gasteiger partial charge in [0.05, 0.1) is 11.4 Å². The Hall–Kier alpha value is -0.910. The largest absolute Gasteiger partial charge is 0.308 e. The highest BCUT2D eigenvalue weighted by atomic mass is 32.2. The first-order chi connectivity index (χ1) is 8.79. The fourth-order valence-corrected chi connectivity index (χ4v) is 3.00. The molecule has 0 saturated heterocycles. The van der Waals surface area contributed by atoms with Crippen LogP contribution in [0.25, 0.3) is 10.7 Å². The number of rotatable bonds is 6. The summed E-state index contributed by atoms with van der Waals surface area (Å²) in [6.07, 6.45) is 3.93. The molecule has 0 aliphatic heterocycles. The number of thiazole rings is 1. The molecular formula is C13H17N3S2. The molecule has 1 atom stereocenters. The minimum absolute atomic E-state index is 0.514. The summed E-state index contributed by atoms with van der Waals surface area (Å²) in [5.74, 6) is 1.12. The topological polar surface area (TPSA) is 37.8 Å². The molecule has 0 aromatic carbocycles. The van der Waals surface area contributed by atoms with Crippen LogP contribution in [0.2, 0.25) is 0 Å². The number of hydrogen-bond donors (Lipinski definition) is 1. The number of nitrogens with zero attached hydrogens (tertiary/aromatic N) is 2. The summed E-state index contributed by atoms with van der Waals surface area (Å²) in [6.45, 7) is 3.02. The van der Waals surface area contributed by atoms with Gasteiger partial charge in [0.2, 0.25) is 0 Å².